The van der Waals surface area contributed by atoms with Crippen molar-refractivity contribution < 1.29 is 4.79 Å². The number of carbonyl (C=O) groups is 1. The summed E-state index contributed by atoms with van der Waals surface area (Å²) >= 11 is 0. The highest BCUT2D eigenvalue weighted by atomic mass is 16.1. The van der Waals surface area contributed by atoms with Crippen molar-refractivity contribution in [2.75, 3.05) is 17.2 Å². The van der Waals surface area contributed by atoms with E-state index in [0.29, 0.717) is 11.3 Å². The summed E-state index contributed by atoms with van der Waals surface area (Å²) in [5.74, 6) is -0.0950. The van der Waals surface area contributed by atoms with Gasteiger partial charge in [-0.25, -0.2) is 4.98 Å². The molecular formula is C14H18N6O. The third-order valence-electron chi connectivity index (χ3n) is 2.95. The number of aromatic nitrogens is 4. The van der Waals surface area contributed by atoms with Crippen LogP contribution in [0.4, 0.5) is 11.6 Å². The molecule has 2 rings (SSSR count). The molecular weight excluding hydrogens is 268 g/mol. The van der Waals surface area contributed by atoms with Crippen LogP contribution >= 0.6 is 0 Å². The summed E-state index contributed by atoms with van der Waals surface area (Å²) in [4.78, 5) is 20.5. The lowest BCUT2D eigenvalue weighted by molar-refractivity contribution is 0.102. The van der Waals surface area contributed by atoms with Crippen LogP contribution < -0.4 is 10.6 Å². The van der Waals surface area contributed by atoms with E-state index < -0.39 is 0 Å². The van der Waals surface area contributed by atoms with Crippen molar-refractivity contribution >= 4 is 17.5 Å². The summed E-state index contributed by atoms with van der Waals surface area (Å²) in [7, 11) is 0. The second-order valence-electron chi connectivity index (χ2n) is 4.61. The highest BCUT2D eigenvalue weighted by Crippen LogP contribution is 2.15. The molecule has 0 bridgehead atoms. The number of amides is 1. The van der Waals surface area contributed by atoms with Crippen LogP contribution in [0.15, 0.2) is 18.5 Å². The van der Waals surface area contributed by atoms with Crippen molar-refractivity contribution in [3.05, 3.63) is 35.4 Å². The van der Waals surface area contributed by atoms with Gasteiger partial charge in [0.1, 0.15) is 0 Å². The summed E-state index contributed by atoms with van der Waals surface area (Å²) in [6, 6.07) is 1.65. The molecule has 0 atom stereocenters. The third-order valence-corrected chi connectivity index (χ3v) is 2.95. The van der Waals surface area contributed by atoms with Crippen LogP contribution in [-0.4, -0.2) is 32.6 Å². The van der Waals surface area contributed by atoms with E-state index in [1.54, 1.807) is 18.5 Å². The predicted molar refractivity (Wildman–Crippen MR) is 80.3 cm³/mol. The van der Waals surface area contributed by atoms with Crippen LogP contribution in [0.25, 0.3) is 0 Å². The maximum absolute atomic E-state index is 12.3. The van der Waals surface area contributed by atoms with E-state index in [9.17, 15) is 4.79 Å². The molecule has 0 aliphatic rings. The zero-order valence-corrected chi connectivity index (χ0v) is 12.3. The minimum absolute atomic E-state index is 0.196. The molecule has 0 aliphatic carbocycles. The van der Waals surface area contributed by atoms with Gasteiger partial charge in [0.15, 0.2) is 0 Å². The number of anilines is 2. The van der Waals surface area contributed by atoms with Crippen LogP contribution in [0.2, 0.25) is 0 Å². The standard InChI is InChI=1S/C14H18N6O/c1-4-6-16-12-8-15-7-5-11(12)13(21)18-14-17-9(2)10(3)19-20-14/h5,7-8,16H,4,6H2,1-3H3,(H,17,18,20,21). The molecule has 0 saturated carbocycles. The number of hydrogen-bond acceptors (Lipinski definition) is 6. The first kappa shape index (κ1) is 14.8. The maximum atomic E-state index is 12.3. The predicted octanol–water partition coefficient (Wildman–Crippen LogP) is 1.96. The van der Waals surface area contributed by atoms with Gasteiger partial charge in [0.05, 0.1) is 28.8 Å². The van der Waals surface area contributed by atoms with Gasteiger partial charge in [-0.1, -0.05) is 6.92 Å². The molecule has 0 radical (unpaired) electrons. The highest BCUT2D eigenvalue weighted by Gasteiger charge is 2.13. The summed E-state index contributed by atoms with van der Waals surface area (Å²) in [5, 5.41) is 13.6. The van der Waals surface area contributed by atoms with E-state index in [0.717, 1.165) is 24.4 Å². The number of pyridine rings is 1. The Morgan fingerprint density at radius 3 is 2.76 bits per heavy atom. The summed E-state index contributed by atoms with van der Waals surface area (Å²) in [5.41, 5.74) is 2.66. The highest BCUT2D eigenvalue weighted by molar-refractivity contribution is 6.07. The Balaban J connectivity index is 2.18. The molecule has 7 nitrogen and oxygen atoms in total. The molecule has 0 fully saturated rings. The van der Waals surface area contributed by atoms with Gasteiger partial charge in [-0.2, -0.15) is 5.10 Å². The number of hydrogen-bond donors (Lipinski definition) is 2. The molecule has 2 aromatic rings. The topological polar surface area (TPSA) is 92.7 Å². The molecule has 0 unspecified atom stereocenters. The van der Waals surface area contributed by atoms with Crippen molar-refractivity contribution in [1.29, 1.82) is 0 Å². The lowest BCUT2D eigenvalue weighted by Gasteiger charge is -2.10. The normalized spacial score (nSPS) is 10.2. The van der Waals surface area contributed by atoms with Gasteiger partial charge >= 0.3 is 0 Å². The second-order valence-corrected chi connectivity index (χ2v) is 4.61. The van der Waals surface area contributed by atoms with Crippen molar-refractivity contribution in [2.45, 2.75) is 27.2 Å². The summed E-state index contributed by atoms with van der Waals surface area (Å²) in [6.45, 7) is 6.46. The minimum atomic E-state index is -0.291. The molecule has 2 aromatic heterocycles. The summed E-state index contributed by atoms with van der Waals surface area (Å²) in [6.07, 6.45) is 4.16. The Hall–Kier alpha value is -2.57. The SMILES string of the molecule is CCCNc1cnccc1C(=O)Nc1nnc(C)c(C)n1. The fourth-order valence-corrected chi connectivity index (χ4v) is 1.67. The average Bonchev–Trinajstić information content (AvgIpc) is 2.49. The average molecular weight is 286 g/mol. The van der Waals surface area contributed by atoms with Gasteiger partial charge in [-0.3, -0.25) is 15.1 Å². The lowest BCUT2D eigenvalue weighted by Crippen LogP contribution is -2.18. The molecule has 0 saturated heterocycles. The fraction of sp³-hybridized carbons (Fsp3) is 0.357. The van der Waals surface area contributed by atoms with Crippen molar-refractivity contribution in [2.24, 2.45) is 0 Å². The number of aryl methyl sites for hydroxylation is 2. The van der Waals surface area contributed by atoms with Gasteiger partial charge in [0.2, 0.25) is 5.95 Å². The quantitative estimate of drug-likeness (QED) is 0.872. The number of nitrogens with one attached hydrogen (secondary N) is 2. The van der Waals surface area contributed by atoms with E-state index in [4.69, 9.17) is 0 Å². The Morgan fingerprint density at radius 2 is 2.05 bits per heavy atom. The van der Waals surface area contributed by atoms with Crippen LogP contribution in [0.3, 0.4) is 0 Å². The molecule has 21 heavy (non-hydrogen) atoms. The van der Waals surface area contributed by atoms with Gasteiger partial charge in [-0.05, 0) is 26.3 Å². The molecule has 7 heteroatoms. The van der Waals surface area contributed by atoms with Crippen molar-refractivity contribution in [3.8, 4) is 0 Å². The largest absolute Gasteiger partial charge is 0.383 e. The molecule has 2 N–H and O–H groups in total. The second kappa shape index (κ2) is 6.74. The number of nitrogens with zero attached hydrogens (tertiary/aromatic N) is 4. The van der Waals surface area contributed by atoms with Crippen molar-refractivity contribution in [3.63, 3.8) is 0 Å². The van der Waals surface area contributed by atoms with Gasteiger partial charge in [0, 0.05) is 12.7 Å². The molecule has 2 heterocycles. The van der Waals surface area contributed by atoms with Crippen molar-refractivity contribution in [1.82, 2.24) is 20.2 Å². The van der Waals surface area contributed by atoms with E-state index in [1.807, 2.05) is 13.8 Å². The maximum Gasteiger partial charge on any atom is 0.260 e. The molecule has 0 aliphatic heterocycles. The van der Waals surface area contributed by atoms with E-state index in [-0.39, 0.29) is 11.9 Å². The zero-order valence-electron chi connectivity index (χ0n) is 12.3. The Bertz CT molecular complexity index is 643. The van der Waals surface area contributed by atoms with E-state index in [2.05, 4.69) is 37.7 Å². The fourth-order valence-electron chi connectivity index (χ4n) is 1.67. The molecule has 1 amide bonds. The first-order valence-electron chi connectivity index (χ1n) is 6.79. The van der Waals surface area contributed by atoms with Gasteiger partial charge in [0.25, 0.3) is 5.91 Å². The van der Waals surface area contributed by atoms with E-state index in [1.165, 1.54) is 0 Å². The van der Waals surface area contributed by atoms with Gasteiger partial charge in [-0.15, -0.1) is 5.10 Å². The smallest absolute Gasteiger partial charge is 0.260 e. The molecule has 110 valence electrons. The van der Waals surface area contributed by atoms with Gasteiger partial charge < -0.3 is 5.32 Å². The summed E-state index contributed by atoms with van der Waals surface area (Å²) < 4.78 is 0. The zero-order chi connectivity index (χ0) is 15.2. The Kier molecular flexibility index (Phi) is 4.76. The first-order valence-corrected chi connectivity index (χ1v) is 6.79. The van der Waals surface area contributed by atoms with E-state index >= 15 is 0 Å². The monoisotopic (exact) mass is 286 g/mol. The Morgan fingerprint density at radius 1 is 1.24 bits per heavy atom. The first-order chi connectivity index (χ1) is 10.1. The van der Waals surface area contributed by atoms with Crippen LogP contribution in [-0.2, 0) is 0 Å². The third kappa shape index (κ3) is 3.71. The van der Waals surface area contributed by atoms with Crippen LogP contribution in [0.5, 0.6) is 0 Å². The lowest BCUT2D eigenvalue weighted by atomic mass is 10.2. The number of rotatable bonds is 5. The minimum Gasteiger partial charge on any atom is -0.383 e. The van der Waals surface area contributed by atoms with Crippen LogP contribution in [0.1, 0.15) is 35.1 Å². The molecule has 0 aromatic carbocycles. The number of carbonyl (C=O) groups excluding carboxylic acids is 1. The Labute approximate surface area is 123 Å². The molecule has 0 spiro atoms. The van der Waals surface area contributed by atoms with Crippen LogP contribution in [0, 0.1) is 13.8 Å².